The molecular formula is C5H7ClN2O4S. The molecular weight excluding hydrogens is 220 g/mol. The molecule has 1 heterocycles. The van der Waals surface area contributed by atoms with Crippen molar-refractivity contribution in [2.45, 2.75) is 0 Å². The van der Waals surface area contributed by atoms with E-state index in [1.54, 1.807) is 0 Å². The number of amides is 3. The lowest BCUT2D eigenvalue weighted by Gasteiger charge is -2.09. The molecule has 1 rings (SSSR count). The van der Waals surface area contributed by atoms with Crippen LogP contribution < -0.4 is 5.32 Å². The number of carbonyl (C=O) groups excluding carboxylic acids is 2. The van der Waals surface area contributed by atoms with E-state index in [-0.39, 0.29) is 13.1 Å². The average molecular weight is 227 g/mol. The maximum absolute atomic E-state index is 10.9. The highest BCUT2D eigenvalue weighted by Gasteiger charge is 2.28. The van der Waals surface area contributed by atoms with Crippen molar-refractivity contribution < 1.29 is 18.0 Å². The van der Waals surface area contributed by atoms with Gasteiger partial charge < -0.3 is 5.32 Å². The Kier molecular flexibility index (Phi) is 2.77. The fourth-order valence-corrected chi connectivity index (χ4v) is 1.49. The molecule has 0 atom stereocenters. The monoisotopic (exact) mass is 226 g/mol. The number of halogens is 1. The van der Waals surface area contributed by atoms with Crippen LogP contribution in [0.4, 0.5) is 4.79 Å². The van der Waals surface area contributed by atoms with E-state index in [1.165, 1.54) is 0 Å². The molecule has 0 saturated carbocycles. The summed E-state index contributed by atoms with van der Waals surface area (Å²) in [6.45, 7) is -0.280. The van der Waals surface area contributed by atoms with E-state index in [0.717, 1.165) is 4.90 Å². The molecule has 1 saturated heterocycles. The van der Waals surface area contributed by atoms with Crippen LogP contribution in [0.1, 0.15) is 0 Å². The molecule has 1 fully saturated rings. The van der Waals surface area contributed by atoms with Gasteiger partial charge in [-0.05, 0) is 0 Å². The molecule has 0 spiro atoms. The molecule has 74 valence electrons. The summed E-state index contributed by atoms with van der Waals surface area (Å²) in [5, 5.41) is 2.26. The maximum atomic E-state index is 10.9. The fraction of sp³-hybridized carbons (Fsp3) is 0.600. The van der Waals surface area contributed by atoms with E-state index in [0.29, 0.717) is 0 Å². The van der Waals surface area contributed by atoms with Gasteiger partial charge in [-0.15, -0.1) is 0 Å². The van der Waals surface area contributed by atoms with Crippen molar-refractivity contribution in [2.24, 2.45) is 0 Å². The second kappa shape index (κ2) is 3.51. The van der Waals surface area contributed by atoms with Crippen molar-refractivity contribution in [3.8, 4) is 0 Å². The van der Waals surface area contributed by atoms with E-state index < -0.39 is 26.7 Å². The third kappa shape index (κ3) is 2.85. The first-order valence-corrected chi connectivity index (χ1v) is 5.88. The highest BCUT2D eigenvalue weighted by molar-refractivity contribution is 8.13. The Bertz CT molecular complexity index is 322. The first kappa shape index (κ1) is 10.3. The molecule has 3 amide bonds. The average Bonchev–Trinajstić information content (AvgIpc) is 2.27. The smallest absolute Gasteiger partial charge is 0.324 e. The highest BCUT2D eigenvalue weighted by Crippen LogP contribution is 2.02. The van der Waals surface area contributed by atoms with E-state index in [9.17, 15) is 18.0 Å². The minimum atomic E-state index is -3.66. The standard InChI is InChI=1S/C5H7ClN2O4S/c6-13(11,12)2-1-8-4(9)3-7-5(8)10/h1-3H2,(H,7,10). The molecule has 1 N–H and O–H groups in total. The van der Waals surface area contributed by atoms with Crippen LogP contribution in [0.2, 0.25) is 0 Å². The topological polar surface area (TPSA) is 83.6 Å². The largest absolute Gasteiger partial charge is 0.329 e. The molecule has 0 unspecified atom stereocenters. The molecule has 0 aliphatic carbocycles. The first-order valence-electron chi connectivity index (χ1n) is 3.41. The van der Waals surface area contributed by atoms with Gasteiger partial charge in [-0.25, -0.2) is 13.2 Å². The van der Waals surface area contributed by atoms with Crippen molar-refractivity contribution in [1.82, 2.24) is 10.2 Å². The molecule has 0 bridgehead atoms. The Hall–Kier alpha value is -0.820. The van der Waals surface area contributed by atoms with Crippen LogP contribution >= 0.6 is 10.7 Å². The molecule has 0 aromatic heterocycles. The minimum absolute atomic E-state index is 0.0822. The number of nitrogens with one attached hydrogen (secondary N) is 1. The Morgan fingerprint density at radius 3 is 2.46 bits per heavy atom. The van der Waals surface area contributed by atoms with Gasteiger partial charge in [-0.3, -0.25) is 9.69 Å². The molecule has 0 aromatic carbocycles. The summed E-state index contributed by atoms with van der Waals surface area (Å²) >= 11 is 0. The predicted molar refractivity (Wildman–Crippen MR) is 44.8 cm³/mol. The highest BCUT2D eigenvalue weighted by atomic mass is 35.7. The number of carbonyl (C=O) groups is 2. The van der Waals surface area contributed by atoms with Crippen LogP contribution in [0.25, 0.3) is 0 Å². The summed E-state index contributed by atoms with van der Waals surface area (Å²) in [6, 6.07) is -0.578. The Labute approximate surface area is 79.3 Å². The number of urea groups is 1. The van der Waals surface area contributed by atoms with Crippen LogP contribution in [0.15, 0.2) is 0 Å². The summed E-state index contributed by atoms with van der Waals surface area (Å²) in [6.07, 6.45) is 0. The van der Waals surface area contributed by atoms with Crippen molar-refractivity contribution in [3.63, 3.8) is 0 Å². The SMILES string of the molecule is O=C1CNC(=O)N1CCS(=O)(=O)Cl. The third-order valence-corrected chi connectivity index (χ3v) is 2.63. The molecule has 0 aromatic rings. The van der Waals surface area contributed by atoms with Gasteiger partial charge in [0.15, 0.2) is 0 Å². The van der Waals surface area contributed by atoms with Crippen LogP contribution in [-0.4, -0.2) is 44.1 Å². The minimum Gasteiger partial charge on any atom is -0.329 e. The summed E-state index contributed by atoms with van der Waals surface area (Å²) in [5.41, 5.74) is 0. The number of imide groups is 1. The summed E-state index contributed by atoms with van der Waals surface area (Å²) in [5.74, 6) is -0.862. The van der Waals surface area contributed by atoms with Gasteiger partial charge in [0.1, 0.15) is 0 Å². The normalized spacial score (nSPS) is 17.8. The number of rotatable bonds is 3. The van der Waals surface area contributed by atoms with Gasteiger partial charge in [0.25, 0.3) is 0 Å². The Balaban J connectivity index is 2.54. The second-order valence-electron chi connectivity index (χ2n) is 2.45. The molecule has 0 radical (unpaired) electrons. The second-order valence-corrected chi connectivity index (χ2v) is 5.34. The molecule has 1 aliphatic rings. The van der Waals surface area contributed by atoms with Gasteiger partial charge in [0.2, 0.25) is 15.0 Å². The van der Waals surface area contributed by atoms with Crippen molar-refractivity contribution >= 4 is 31.7 Å². The van der Waals surface area contributed by atoms with E-state index >= 15 is 0 Å². The number of hydrogen-bond acceptors (Lipinski definition) is 4. The number of nitrogens with zero attached hydrogens (tertiary/aromatic N) is 1. The van der Waals surface area contributed by atoms with Gasteiger partial charge >= 0.3 is 6.03 Å². The maximum Gasteiger partial charge on any atom is 0.324 e. The predicted octanol–water partition coefficient (Wildman–Crippen LogP) is -0.893. The van der Waals surface area contributed by atoms with Crippen LogP contribution in [0, 0.1) is 0 Å². The van der Waals surface area contributed by atoms with Gasteiger partial charge in [-0.2, -0.15) is 0 Å². The Morgan fingerprint density at radius 1 is 1.46 bits per heavy atom. The zero-order valence-electron chi connectivity index (χ0n) is 6.49. The zero-order valence-corrected chi connectivity index (χ0v) is 8.06. The van der Waals surface area contributed by atoms with Gasteiger partial charge in [-0.1, -0.05) is 0 Å². The van der Waals surface area contributed by atoms with Crippen LogP contribution in [0.5, 0.6) is 0 Å². The van der Waals surface area contributed by atoms with Crippen LogP contribution in [-0.2, 0) is 13.8 Å². The van der Waals surface area contributed by atoms with Gasteiger partial charge in [0, 0.05) is 17.2 Å². The lowest BCUT2D eigenvalue weighted by Crippen LogP contribution is -2.34. The summed E-state index contributed by atoms with van der Waals surface area (Å²) in [4.78, 5) is 22.6. The van der Waals surface area contributed by atoms with Gasteiger partial charge in [0.05, 0.1) is 12.3 Å². The fourth-order valence-electron chi connectivity index (χ4n) is 0.882. The molecule has 1 aliphatic heterocycles. The molecule has 6 nitrogen and oxygen atoms in total. The Morgan fingerprint density at radius 2 is 2.08 bits per heavy atom. The van der Waals surface area contributed by atoms with Crippen molar-refractivity contribution in [1.29, 1.82) is 0 Å². The lowest BCUT2D eigenvalue weighted by molar-refractivity contribution is -0.124. The van der Waals surface area contributed by atoms with Crippen molar-refractivity contribution in [3.05, 3.63) is 0 Å². The zero-order chi connectivity index (χ0) is 10.1. The lowest BCUT2D eigenvalue weighted by atomic mass is 10.5. The van der Waals surface area contributed by atoms with E-state index in [2.05, 4.69) is 5.32 Å². The quantitative estimate of drug-likeness (QED) is 0.500. The molecule has 13 heavy (non-hydrogen) atoms. The summed E-state index contributed by atoms with van der Waals surface area (Å²) in [7, 11) is 1.25. The third-order valence-electron chi connectivity index (χ3n) is 1.50. The number of hydrogen-bond donors (Lipinski definition) is 1. The molecule has 8 heteroatoms. The van der Waals surface area contributed by atoms with E-state index in [4.69, 9.17) is 10.7 Å². The van der Waals surface area contributed by atoms with E-state index in [1.807, 2.05) is 0 Å². The van der Waals surface area contributed by atoms with Crippen molar-refractivity contribution in [2.75, 3.05) is 18.8 Å². The first-order chi connectivity index (χ1) is 5.90. The van der Waals surface area contributed by atoms with Crippen LogP contribution in [0.3, 0.4) is 0 Å². The summed E-state index contributed by atoms with van der Waals surface area (Å²) < 4.78 is 21.0.